The van der Waals surface area contributed by atoms with Crippen molar-refractivity contribution < 1.29 is 0 Å². The normalized spacial score (nSPS) is 11.5. The van der Waals surface area contributed by atoms with E-state index in [1.165, 1.54) is 58.8 Å². The molecular weight excluding hydrogens is 647 g/mol. The van der Waals surface area contributed by atoms with E-state index in [0.29, 0.717) is 0 Å². The maximum atomic E-state index is 2.45. The van der Waals surface area contributed by atoms with E-state index in [2.05, 4.69) is 212 Å². The van der Waals surface area contributed by atoms with Gasteiger partial charge in [-0.2, -0.15) is 0 Å². The van der Waals surface area contributed by atoms with E-state index in [1.807, 2.05) is 0 Å². The zero-order valence-electron chi connectivity index (χ0n) is 27.3. The Morgan fingerprint density at radius 1 is 0.327 bits per heavy atom. The Hall–Kier alpha value is -4.63. The quantitative estimate of drug-likeness (QED) is 0.139. The Kier molecular flexibility index (Phi) is 9.34. The summed E-state index contributed by atoms with van der Waals surface area (Å²) in [6.07, 6.45) is 0. The Balaban J connectivity index is 1.43. The standard InChI is InChI=1S/C45H36NP3/c1-46-40-29-15-14-20-35(40)34-45(46)49(43-32-18-16-30-41(43)47(36-21-6-2-7-22-36)37-23-8-3-9-24-37)44-33-19-17-31-42(44)48(38-25-10-4-11-26-38)39-27-12-5-13-28-39/h2-34H,1H3. The maximum absolute atomic E-state index is 2.45. The Bertz CT molecular complexity index is 2100. The first-order chi connectivity index (χ1) is 24.3. The minimum Gasteiger partial charge on any atom is -0.343 e. The zero-order valence-corrected chi connectivity index (χ0v) is 30.0. The van der Waals surface area contributed by atoms with Gasteiger partial charge in [0.05, 0.1) is 5.44 Å². The molecule has 0 atom stereocenters. The van der Waals surface area contributed by atoms with Crippen LogP contribution in [0.25, 0.3) is 10.9 Å². The van der Waals surface area contributed by atoms with E-state index < -0.39 is 23.8 Å². The highest BCUT2D eigenvalue weighted by atomic mass is 31.1. The summed E-state index contributed by atoms with van der Waals surface area (Å²) in [6.45, 7) is 0. The van der Waals surface area contributed by atoms with Crippen LogP contribution in [0.2, 0.25) is 0 Å². The van der Waals surface area contributed by atoms with Gasteiger partial charge >= 0.3 is 0 Å². The van der Waals surface area contributed by atoms with Crippen LogP contribution in [-0.2, 0) is 7.05 Å². The number of para-hydroxylation sites is 1. The highest BCUT2D eigenvalue weighted by Gasteiger charge is 2.31. The lowest BCUT2D eigenvalue weighted by Crippen LogP contribution is -2.40. The van der Waals surface area contributed by atoms with E-state index in [-0.39, 0.29) is 0 Å². The summed E-state index contributed by atoms with van der Waals surface area (Å²) in [6, 6.07) is 74.4. The molecule has 4 heteroatoms. The highest BCUT2D eigenvalue weighted by Crippen LogP contribution is 2.42. The van der Waals surface area contributed by atoms with Crippen molar-refractivity contribution in [1.82, 2.24) is 4.57 Å². The van der Waals surface area contributed by atoms with Crippen LogP contribution in [0.4, 0.5) is 0 Å². The van der Waals surface area contributed by atoms with Gasteiger partial charge in [0.2, 0.25) is 0 Å². The average molecular weight is 684 g/mol. The molecular formula is C45H36NP3. The molecule has 1 aromatic heterocycles. The molecule has 0 aliphatic heterocycles. The van der Waals surface area contributed by atoms with Gasteiger partial charge in [-0.25, -0.2) is 0 Å². The number of rotatable bonds is 9. The third-order valence-electron chi connectivity index (χ3n) is 8.94. The van der Waals surface area contributed by atoms with E-state index in [9.17, 15) is 0 Å². The lowest BCUT2D eigenvalue weighted by Gasteiger charge is -2.30. The molecule has 1 heterocycles. The lowest BCUT2D eigenvalue weighted by molar-refractivity contribution is 1.00. The fourth-order valence-electron chi connectivity index (χ4n) is 6.71. The van der Waals surface area contributed by atoms with Gasteiger partial charge in [0.1, 0.15) is 0 Å². The second kappa shape index (κ2) is 14.5. The second-order valence-electron chi connectivity index (χ2n) is 11.9. The van der Waals surface area contributed by atoms with Crippen molar-refractivity contribution >= 4 is 82.5 Å². The SMILES string of the molecule is Cn1c(P(c2ccccc2P(c2ccccc2)c2ccccc2)c2ccccc2P(c2ccccc2)c2ccccc2)cc2ccccc21. The first-order valence-corrected chi connectivity index (χ1v) is 20.6. The Morgan fingerprint density at radius 3 is 1.00 bits per heavy atom. The van der Waals surface area contributed by atoms with E-state index in [0.717, 1.165) is 0 Å². The molecule has 1 nitrogen and oxygen atoms in total. The van der Waals surface area contributed by atoms with Gasteiger partial charge in [-0.1, -0.05) is 188 Å². The molecule has 0 saturated carbocycles. The zero-order chi connectivity index (χ0) is 33.0. The predicted octanol–water partition coefficient (Wildman–Crippen LogP) is 7.45. The number of hydrogen-bond donors (Lipinski definition) is 0. The average Bonchev–Trinajstić information content (AvgIpc) is 3.50. The van der Waals surface area contributed by atoms with Gasteiger partial charge in [0, 0.05) is 25.9 Å². The van der Waals surface area contributed by atoms with Crippen molar-refractivity contribution in [2.24, 2.45) is 7.05 Å². The molecule has 0 fully saturated rings. The Morgan fingerprint density at radius 2 is 0.633 bits per heavy atom. The van der Waals surface area contributed by atoms with Crippen LogP contribution in [0.3, 0.4) is 0 Å². The first kappa shape index (κ1) is 31.6. The molecule has 49 heavy (non-hydrogen) atoms. The number of aromatic nitrogens is 1. The molecule has 0 N–H and O–H groups in total. The molecule has 0 saturated heterocycles. The molecule has 0 aliphatic carbocycles. The van der Waals surface area contributed by atoms with E-state index in [4.69, 9.17) is 0 Å². The van der Waals surface area contributed by atoms with E-state index >= 15 is 0 Å². The summed E-state index contributed by atoms with van der Waals surface area (Å²) in [4.78, 5) is 0. The van der Waals surface area contributed by atoms with Gasteiger partial charge in [-0.05, 0) is 70.4 Å². The van der Waals surface area contributed by atoms with Crippen LogP contribution < -0.4 is 47.9 Å². The molecule has 8 aromatic rings. The molecule has 0 spiro atoms. The first-order valence-electron chi connectivity index (χ1n) is 16.6. The number of aryl methyl sites for hydroxylation is 1. The van der Waals surface area contributed by atoms with Crippen molar-refractivity contribution in [1.29, 1.82) is 0 Å². The predicted molar refractivity (Wildman–Crippen MR) is 219 cm³/mol. The van der Waals surface area contributed by atoms with Crippen LogP contribution in [-0.4, -0.2) is 4.57 Å². The van der Waals surface area contributed by atoms with Gasteiger partial charge in [-0.15, -0.1) is 0 Å². The summed E-state index contributed by atoms with van der Waals surface area (Å²) in [7, 11) is -0.357. The molecule has 0 aliphatic rings. The van der Waals surface area contributed by atoms with Crippen molar-refractivity contribution in [3.05, 3.63) is 200 Å². The summed E-state index contributed by atoms with van der Waals surface area (Å²) in [5.41, 5.74) is 2.63. The van der Waals surface area contributed by atoms with Gasteiger partial charge < -0.3 is 4.57 Å². The van der Waals surface area contributed by atoms with Gasteiger partial charge in [-0.3, -0.25) is 0 Å². The van der Waals surface area contributed by atoms with Gasteiger partial charge in [0.15, 0.2) is 0 Å². The Labute approximate surface area is 293 Å². The van der Waals surface area contributed by atoms with Crippen LogP contribution in [0, 0.1) is 0 Å². The minimum absolute atomic E-state index is 0.814. The minimum atomic E-state index is -0.986. The third kappa shape index (κ3) is 6.32. The second-order valence-corrected chi connectivity index (χ2v) is 18.4. The summed E-state index contributed by atoms with van der Waals surface area (Å²) < 4.78 is 2.45. The van der Waals surface area contributed by atoms with Crippen molar-refractivity contribution in [2.45, 2.75) is 0 Å². The molecule has 8 rings (SSSR count). The lowest BCUT2D eigenvalue weighted by atomic mass is 10.2. The van der Waals surface area contributed by atoms with Gasteiger partial charge in [0.25, 0.3) is 0 Å². The van der Waals surface area contributed by atoms with Crippen molar-refractivity contribution in [3.63, 3.8) is 0 Å². The van der Waals surface area contributed by atoms with Crippen molar-refractivity contribution in [3.8, 4) is 0 Å². The molecule has 0 radical (unpaired) electrons. The summed E-state index contributed by atoms with van der Waals surface area (Å²) in [5.74, 6) is 0. The van der Waals surface area contributed by atoms with Crippen LogP contribution in [0.15, 0.2) is 200 Å². The fourth-order valence-corrected chi connectivity index (χ4v) is 15.1. The topological polar surface area (TPSA) is 4.93 Å². The number of hydrogen-bond acceptors (Lipinski definition) is 0. The molecule has 0 amide bonds. The number of nitrogens with zero attached hydrogens (tertiary/aromatic N) is 1. The third-order valence-corrected chi connectivity index (χ3v) is 16.9. The summed E-state index contributed by atoms with van der Waals surface area (Å²) >= 11 is 0. The highest BCUT2D eigenvalue weighted by molar-refractivity contribution is 7.87. The van der Waals surface area contributed by atoms with Crippen LogP contribution >= 0.6 is 23.8 Å². The van der Waals surface area contributed by atoms with Crippen molar-refractivity contribution in [2.75, 3.05) is 0 Å². The molecule has 0 bridgehead atoms. The molecule has 0 unspecified atom stereocenters. The smallest absolute Gasteiger partial charge is 0.0510 e. The maximum Gasteiger partial charge on any atom is 0.0510 e. The van der Waals surface area contributed by atoms with E-state index in [1.54, 1.807) is 0 Å². The fraction of sp³-hybridized carbons (Fsp3) is 0.0222. The largest absolute Gasteiger partial charge is 0.343 e. The van der Waals surface area contributed by atoms with Crippen LogP contribution in [0.5, 0.6) is 0 Å². The molecule has 7 aromatic carbocycles. The molecule has 236 valence electrons. The summed E-state index contributed by atoms with van der Waals surface area (Å²) in [5, 5.41) is 12.4. The monoisotopic (exact) mass is 683 g/mol. The number of fused-ring (bicyclic) bond motifs is 1. The van der Waals surface area contributed by atoms with Crippen LogP contribution in [0.1, 0.15) is 0 Å². The number of benzene rings is 7.